The average Bonchev–Trinajstić information content (AvgIpc) is 2.81. The Morgan fingerprint density at radius 2 is 2.19 bits per heavy atom. The number of hydrogen-bond donors (Lipinski definition) is 1. The molecule has 8 nitrogen and oxygen atoms in total. The van der Waals surface area contributed by atoms with Gasteiger partial charge in [-0.15, -0.1) is 0 Å². The van der Waals surface area contributed by atoms with Crippen molar-refractivity contribution in [1.82, 2.24) is 5.16 Å². The molecule has 0 saturated heterocycles. The first-order chi connectivity index (χ1) is 9.95. The predicted molar refractivity (Wildman–Crippen MR) is 73.2 cm³/mol. The highest BCUT2D eigenvalue weighted by atomic mass is 16.6. The van der Waals surface area contributed by atoms with Crippen LogP contribution in [0.1, 0.15) is 11.3 Å². The van der Waals surface area contributed by atoms with E-state index < -0.39 is 10.8 Å². The topological polar surface area (TPSA) is 108 Å². The number of carbonyl (C=O) groups excluding carboxylic acids is 1. The SMILES string of the molecule is Cc1ccc([N+](=O)[O-])c(OCC(=O)Nc2cc(C)on2)c1. The van der Waals surface area contributed by atoms with E-state index in [4.69, 9.17) is 9.26 Å². The maximum absolute atomic E-state index is 11.7. The van der Waals surface area contributed by atoms with Crippen LogP contribution >= 0.6 is 0 Å². The van der Waals surface area contributed by atoms with Crippen LogP contribution in [0.2, 0.25) is 0 Å². The normalized spacial score (nSPS) is 10.2. The molecule has 0 saturated carbocycles. The molecule has 1 aromatic heterocycles. The van der Waals surface area contributed by atoms with Gasteiger partial charge in [-0.25, -0.2) is 0 Å². The van der Waals surface area contributed by atoms with Gasteiger partial charge in [-0.2, -0.15) is 0 Å². The Labute approximate surface area is 119 Å². The highest BCUT2D eigenvalue weighted by Crippen LogP contribution is 2.27. The van der Waals surface area contributed by atoms with Crippen molar-refractivity contribution >= 4 is 17.4 Å². The number of benzene rings is 1. The summed E-state index contributed by atoms with van der Waals surface area (Å²) in [7, 11) is 0. The molecule has 0 aliphatic rings. The third-order valence-corrected chi connectivity index (χ3v) is 2.57. The average molecular weight is 291 g/mol. The van der Waals surface area contributed by atoms with Gasteiger partial charge in [0.05, 0.1) is 4.92 Å². The lowest BCUT2D eigenvalue weighted by Gasteiger charge is -2.07. The van der Waals surface area contributed by atoms with Gasteiger partial charge in [0.1, 0.15) is 5.76 Å². The highest BCUT2D eigenvalue weighted by Gasteiger charge is 2.16. The van der Waals surface area contributed by atoms with Gasteiger partial charge in [0.25, 0.3) is 5.91 Å². The molecule has 1 aromatic carbocycles. The van der Waals surface area contributed by atoms with Gasteiger partial charge in [-0.05, 0) is 25.5 Å². The molecule has 0 aliphatic carbocycles. The zero-order valence-electron chi connectivity index (χ0n) is 11.5. The Morgan fingerprint density at radius 3 is 2.81 bits per heavy atom. The number of nitro benzene ring substituents is 1. The first kappa shape index (κ1) is 14.5. The minimum Gasteiger partial charge on any atom is -0.477 e. The monoisotopic (exact) mass is 291 g/mol. The zero-order chi connectivity index (χ0) is 15.4. The molecule has 110 valence electrons. The van der Waals surface area contributed by atoms with Crippen LogP contribution in [0.4, 0.5) is 11.5 Å². The fraction of sp³-hybridized carbons (Fsp3) is 0.231. The summed E-state index contributed by atoms with van der Waals surface area (Å²) < 4.78 is 10.0. The number of ether oxygens (including phenoxy) is 1. The molecule has 1 heterocycles. The first-order valence-electron chi connectivity index (χ1n) is 6.06. The van der Waals surface area contributed by atoms with E-state index in [9.17, 15) is 14.9 Å². The Bertz CT molecular complexity index is 680. The Morgan fingerprint density at radius 1 is 1.43 bits per heavy atom. The van der Waals surface area contributed by atoms with Gasteiger partial charge in [-0.3, -0.25) is 14.9 Å². The molecule has 0 radical (unpaired) electrons. The lowest BCUT2D eigenvalue weighted by atomic mass is 10.2. The predicted octanol–water partition coefficient (Wildman–Crippen LogP) is 2.22. The molecular weight excluding hydrogens is 278 g/mol. The van der Waals surface area contributed by atoms with E-state index in [1.54, 1.807) is 26.0 Å². The maximum atomic E-state index is 11.7. The summed E-state index contributed by atoms with van der Waals surface area (Å²) in [5, 5.41) is 16.9. The minimum atomic E-state index is -0.562. The van der Waals surface area contributed by atoms with Crippen LogP contribution in [0.5, 0.6) is 5.75 Å². The number of nitrogens with one attached hydrogen (secondary N) is 1. The van der Waals surface area contributed by atoms with Crippen LogP contribution in [0.15, 0.2) is 28.8 Å². The number of nitrogens with zero attached hydrogens (tertiary/aromatic N) is 2. The Balaban J connectivity index is 2.00. The van der Waals surface area contributed by atoms with Gasteiger partial charge in [0.2, 0.25) is 0 Å². The van der Waals surface area contributed by atoms with Crippen molar-refractivity contribution in [3.63, 3.8) is 0 Å². The number of aromatic nitrogens is 1. The second-order valence-corrected chi connectivity index (χ2v) is 4.39. The molecule has 0 spiro atoms. The van der Waals surface area contributed by atoms with Crippen LogP contribution < -0.4 is 10.1 Å². The van der Waals surface area contributed by atoms with Gasteiger partial charge < -0.3 is 14.6 Å². The second-order valence-electron chi connectivity index (χ2n) is 4.39. The summed E-state index contributed by atoms with van der Waals surface area (Å²) in [5.74, 6) is 0.381. The molecule has 8 heteroatoms. The standard InChI is InChI=1S/C13H13N3O5/c1-8-3-4-10(16(18)19)11(5-8)20-7-13(17)14-12-6-9(2)21-15-12/h3-6H,7H2,1-2H3,(H,14,15,17). The van der Waals surface area contributed by atoms with Crippen LogP contribution in [0, 0.1) is 24.0 Å². The van der Waals surface area contributed by atoms with Gasteiger partial charge >= 0.3 is 5.69 Å². The third kappa shape index (κ3) is 3.78. The van der Waals surface area contributed by atoms with Crippen molar-refractivity contribution in [2.75, 3.05) is 11.9 Å². The van der Waals surface area contributed by atoms with E-state index in [2.05, 4.69) is 10.5 Å². The number of carbonyl (C=O) groups is 1. The zero-order valence-corrected chi connectivity index (χ0v) is 11.5. The van der Waals surface area contributed by atoms with E-state index in [1.807, 2.05) is 0 Å². The molecule has 0 unspecified atom stereocenters. The summed E-state index contributed by atoms with van der Waals surface area (Å²) in [5.41, 5.74) is 0.605. The maximum Gasteiger partial charge on any atom is 0.310 e. The quantitative estimate of drug-likeness (QED) is 0.668. The molecule has 0 atom stereocenters. The first-order valence-corrected chi connectivity index (χ1v) is 6.06. The van der Waals surface area contributed by atoms with E-state index in [-0.39, 0.29) is 23.9 Å². The van der Waals surface area contributed by atoms with E-state index in [1.165, 1.54) is 12.1 Å². The van der Waals surface area contributed by atoms with Crippen LogP contribution in [0.25, 0.3) is 0 Å². The van der Waals surface area contributed by atoms with Crippen LogP contribution in [-0.2, 0) is 4.79 Å². The number of rotatable bonds is 5. The summed E-state index contributed by atoms with van der Waals surface area (Å²) in [6, 6.07) is 5.99. The highest BCUT2D eigenvalue weighted by molar-refractivity contribution is 5.90. The molecule has 0 bridgehead atoms. The summed E-state index contributed by atoms with van der Waals surface area (Å²) in [4.78, 5) is 22.0. The van der Waals surface area contributed by atoms with Gasteiger partial charge in [0.15, 0.2) is 18.2 Å². The van der Waals surface area contributed by atoms with Crippen molar-refractivity contribution in [1.29, 1.82) is 0 Å². The van der Waals surface area contributed by atoms with Crippen LogP contribution in [-0.4, -0.2) is 22.6 Å². The molecule has 1 N–H and O–H groups in total. The lowest BCUT2D eigenvalue weighted by Crippen LogP contribution is -2.20. The Kier molecular flexibility index (Phi) is 4.17. The summed E-state index contributed by atoms with van der Waals surface area (Å²) in [6.45, 7) is 3.10. The van der Waals surface area contributed by atoms with Gasteiger partial charge in [-0.1, -0.05) is 11.2 Å². The van der Waals surface area contributed by atoms with E-state index in [0.717, 1.165) is 5.56 Å². The smallest absolute Gasteiger partial charge is 0.310 e. The van der Waals surface area contributed by atoms with Crippen molar-refractivity contribution in [2.24, 2.45) is 0 Å². The molecule has 2 aromatic rings. The molecule has 2 rings (SSSR count). The Hall–Kier alpha value is -2.90. The minimum absolute atomic E-state index is 0.0477. The lowest BCUT2D eigenvalue weighted by molar-refractivity contribution is -0.385. The molecule has 21 heavy (non-hydrogen) atoms. The van der Waals surface area contributed by atoms with Crippen molar-refractivity contribution < 1.29 is 19.0 Å². The van der Waals surface area contributed by atoms with Crippen LogP contribution in [0.3, 0.4) is 0 Å². The number of amides is 1. The van der Waals surface area contributed by atoms with E-state index in [0.29, 0.717) is 5.76 Å². The largest absolute Gasteiger partial charge is 0.477 e. The van der Waals surface area contributed by atoms with Crippen molar-refractivity contribution in [3.05, 3.63) is 45.7 Å². The number of nitro groups is 1. The third-order valence-electron chi connectivity index (χ3n) is 2.57. The van der Waals surface area contributed by atoms with Crippen molar-refractivity contribution in [3.8, 4) is 5.75 Å². The molecule has 0 aliphatic heterocycles. The summed E-state index contributed by atoms with van der Waals surface area (Å²) >= 11 is 0. The van der Waals surface area contributed by atoms with Crippen molar-refractivity contribution in [2.45, 2.75) is 13.8 Å². The fourth-order valence-corrected chi connectivity index (χ4v) is 1.64. The second kappa shape index (κ2) is 6.04. The van der Waals surface area contributed by atoms with Gasteiger partial charge in [0, 0.05) is 12.1 Å². The number of aryl methyl sites for hydroxylation is 2. The molecule has 1 amide bonds. The summed E-state index contributed by atoms with van der Waals surface area (Å²) in [6.07, 6.45) is 0. The fourth-order valence-electron chi connectivity index (χ4n) is 1.64. The molecular formula is C13H13N3O5. The molecule has 0 fully saturated rings. The number of anilines is 1. The van der Waals surface area contributed by atoms with E-state index >= 15 is 0 Å². The number of hydrogen-bond acceptors (Lipinski definition) is 6.